The van der Waals surface area contributed by atoms with E-state index in [4.69, 9.17) is 0 Å². The number of anilines is 2. The molecule has 0 unspecified atom stereocenters. The van der Waals surface area contributed by atoms with E-state index in [9.17, 15) is 0 Å². The number of aromatic nitrogens is 6. The largest absolute Gasteiger partial charge is 0.299 e. The van der Waals surface area contributed by atoms with E-state index < -0.39 is 0 Å². The molecule has 1 saturated carbocycles. The fourth-order valence-corrected chi connectivity index (χ4v) is 2.81. The van der Waals surface area contributed by atoms with Gasteiger partial charge in [0.15, 0.2) is 11.6 Å². The molecular formula is C11H17N7. The van der Waals surface area contributed by atoms with Gasteiger partial charge in [-0.15, -0.1) is 10.2 Å². The molecule has 0 aliphatic heterocycles. The SMILES string of the molecule is CC1(N(c2cn[nH]n2)c2cn[nH]n2)CCCCC1. The summed E-state index contributed by atoms with van der Waals surface area (Å²) in [5.41, 5.74) is 0.0337. The van der Waals surface area contributed by atoms with Crippen LogP contribution in [0.1, 0.15) is 39.0 Å². The molecule has 2 aromatic rings. The topological polar surface area (TPSA) is 86.4 Å². The van der Waals surface area contributed by atoms with Crippen molar-refractivity contribution in [1.82, 2.24) is 30.8 Å². The Kier molecular flexibility index (Phi) is 2.73. The van der Waals surface area contributed by atoms with Gasteiger partial charge in [0.1, 0.15) is 0 Å². The maximum Gasteiger partial charge on any atom is 0.177 e. The summed E-state index contributed by atoms with van der Waals surface area (Å²) < 4.78 is 0. The van der Waals surface area contributed by atoms with Crippen LogP contribution >= 0.6 is 0 Å². The number of rotatable bonds is 3. The summed E-state index contributed by atoms with van der Waals surface area (Å²) in [6.45, 7) is 2.26. The number of hydrogen-bond donors (Lipinski definition) is 2. The molecule has 0 atom stereocenters. The van der Waals surface area contributed by atoms with Crippen LogP contribution in [0, 0.1) is 0 Å². The van der Waals surface area contributed by atoms with E-state index in [0.29, 0.717) is 0 Å². The molecule has 0 saturated heterocycles. The van der Waals surface area contributed by atoms with Crippen LogP contribution in [0.3, 0.4) is 0 Å². The van der Waals surface area contributed by atoms with Crippen LogP contribution in [0.15, 0.2) is 12.4 Å². The number of nitrogens with one attached hydrogen (secondary N) is 2. The van der Waals surface area contributed by atoms with Crippen molar-refractivity contribution in [3.8, 4) is 0 Å². The Morgan fingerprint density at radius 2 is 1.56 bits per heavy atom. The van der Waals surface area contributed by atoms with Crippen LogP contribution in [-0.2, 0) is 0 Å². The number of nitrogens with zero attached hydrogens (tertiary/aromatic N) is 5. The van der Waals surface area contributed by atoms with Gasteiger partial charge in [0.05, 0.1) is 12.4 Å². The second-order valence-electron chi connectivity index (χ2n) is 5.05. The fraction of sp³-hybridized carbons (Fsp3) is 0.636. The number of hydrogen-bond acceptors (Lipinski definition) is 5. The second-order valence-corrected chi connectivity index (χ2v) is 5.05. The summed E-state index contributed by atoms with van der Waals surface area (Å²) >= 11 is 0. The Labute approximate surface area is 105 Å². The van der Waals surface area contributed by atoms with Crippen molar-refractivity contribution in [3.05, 3.63) is 12.4 Å². The summed E-state index contributed by atoms with van der Waals surface area (Å²) in [4.78, 5) is 2.14. The molecule has 7 heteroatoms. The van der Waals surface area contributed by atoms with Crippen LogP contribution in [-0.4, -0.2) is 36.4 Å². The highest BCUT2D eigenvalue weighted by Gasteiger charge is 2.37. The highest BCUT2D eigenvalue weighted by molar-refractivity contribution is 5.56. The lowest BCUT2D eigenvalue weighted by Gasteiger charge is -2.42. The van der Waals surface area contributed by atoms with E-state index in [1.165, 1.54) is 19.3 Å². The standard InChI is InChI=1S/C11H17N7/c1-11(5-3-2-4-6-11)18(9-7-12-16-14-9)10-8-13-17-15-10/h7-8H,2-6H2,1H3,(H,12,14,16)(H,13,15,17). The lowest BCUT2D eigenvalue weighted by Crippen LogP contribution is -2.45. The van der Waals surface area contributed by atoms with E-state index in [0.717, 1.165) is 24.5 Å². The van der Waals surface area contributed by atoms with Crippen LogP contribution in [0.2, 0.25) is 0 Å². The molecule has 0 aromatic carbocycles. The predicted molar refractivity (Wildman–Crippen MR) is 66.4 cm³/mol. The third-order valence-corrected chi connectivity index (χ3v) is 3.73. The first-order valence-electron chi connectivity index (χ1n) is 6.31. The van der Waals surface area contributed by atoms with Gasteiger partial charge in [0.2, 0.25) is 0 Å². The maximum absolute atomic E-state index is 4.20. The first-order chi connectivity index (χ1) is 8.80. The van der Waals surface area contributed by atoms with Gasteiger partial charge < -0.3 is 0 Å². The van der Waals surface area contributed by atoms with Crippen LogP contribution in [0.25, 0.3) is 0 Å². The zero-order chi connectivity index (χ0) is 12.4. The van der Waals surface area contributed by atoms with Crippen molar-refractivity contribution in [2.45, 2.75) is 44.6 Å². The Morgan fingerprint density at radius 1 is 1.00 bits per heavy atom. The summed E-state index contributed by atoms with van der Waals surface area (Å²) in [5.74, 6) is 1.60. The minimum atomic E-state index is 0.0337. The highest BCUT2D eigenvalue weighted by Crippen LogP contribution is 2.39. The third-order valence-electron chi connectivity index (χ3n) is 3.73. The van der Waals surface area contributed by atoms with E-state index in [2.05, 4.69) is 42.6 Å². The van der Waals surface area contributed by atoms with Crippen LogP contribution in [0.5, 0.6) is 0 Å². The molecule has 1 aliphatic rings. The molecule has 7 nitrogen and oxygen atoms in total. The molecule has 0 radical (unpaired) electrons. The molecule has 2 aromatic heterocycles. The van der Waals surface area contributed by atoms with Gasteiger partial charge in [-0.05, 0) is 19.8 Å². The lowest BCUT2D eigenvalue weighted by atomic mass is 9.82. The van der Waals surface area contributed by atoms with Crippen molar-refractivity contribution in [1.29, 1.82) is 0 Å². The monoisotopic (exact) mass is 247 g/mol. The summed E-state index contributed by atoms with van der Waals surface area (Å²) in [6, 6.07) is 0. The normalized spacial score (nSPS) is 18.7. The van der Waals surface area contributed by atoms with Crippen molar-refractivity contribution in [2.24, 2.45) is 0 Å². The maximum atomic E-state index is 4.20. The van der Waals surface area contributed by atoms with Gasteiger partial charge in [0.25, 0.3) is 0 Å². The Hall–Kier alpha value is -1.92. The lowest BCUT2D eigenvalue weighted by molar-refractivity contribution is 0.315. The highest BCUT2D eigenvalue weighted by atomic mass is 15.5. The van der Waals surface area contributed by atoms with Crippen molar-refractivity contribution >= 4 is 11.6 Å². The van der Waals surface area contributed by atoms with E-state index in [1.54, 1.807) is 12.4 Å². The summed E-state index contributed by atoms with van der Waals surface area (Å²) in [6.07, 6.45) is 9.51. The van der Waals surface area contributed by atoms with E-state index in [1.807, 2.05) is 0 Å². The smallest absolute Gasteiger partial charge is 0.177 e. The Balaban J connectivity index is 2.00. The summed E-state index contributed by atoms with van der Waals surface area (Å²) in [5, 5.41) is 21.5. The molecule has 1 aliphatic carbocycles. The average molecular weight is 247 g/mol. The van der Waals surface area contributed by atoms with Gasteiger partial charge in [-0.3, -0.25) is 4.90 Å². The molecule has 1 fully saturated rings. The average Bonchev–Trinajstić information content (AvgIpc) is 3.03. The van der Waals surface area contributed by atoms with Gasteiger partial charge >= 0.3 is 0 Å². The predicted octanol–water partition coefficient (Wildman–Crippen LogP) is 1.78. The molecular weight excluding hydrogens is 230 g/mol. The molecule has 0 amide bonds. The fourth-order valence-electron chi connectivity index (χ4n) is 2.81. The third kappa shape index (κ3) is 1.85. The van der Waals surface area contributed by atoms with E-state index >= 15 is 0 Å². The molecule has 2 N–H and O–H groups in total. The van der Waals surface area contributed by atoms with E-state index in [-0.39, 0.29) is 5.54 Å². The van der Waals surface area contributed by atoms with Crippen LogP contribution in [0.4, 0.5) is 11.6 Å². The molecule has 2 heterocycles. The first kappa shape index (κ1) is 11.2. The molecule has 0 bridgehead atoms. The molecule has 3 rings (SSSR count). The van der Waals surface area contributed by atoms with Crippen molar-refractivity contribution in [3.63, 3.8) is 0 Å². The minimum absolute atomic E-state index is 0.0337. The van der Waals surface area contributed by atoms with Gasteiger partial charge in [-0.2, -0.15) is 20.6 Å². The second kappa shape index (κ2) is 4.40. The van der Waals surface area contributed by atoms with Crippen molar-refractivity contribution < 1.29 is 0 Å². The zero-order valence-corrected chi connectivity index (χ0v) is 10.4. The zero-order valence-electron chi connectivity index (χ0n) is 10.4. The van der Waals surface area contributed by atoms with Gasteiger partial charge in [-0.25, -0.2) is 0 Å². The van der Waals surface area contributed by atoms with Gasteiger partial charge in [0, 0.05) is 5.54 Å². The van der Waals surface area contributed by atoms with Crippen molar-refractivity contribution in [2.75, 3.05) is 4.90 Å². The summed E-state index contributed by atoms with van der Waals surface area (Å²) in [7, 11) is 0. The quantitative estimate of drug-likeness (QED) is 0.863. The van der Waals surface area contributed by atoms with Crippen LogP contribution < -0.4 is 4.90 Å². The Morgan fingerprint density at radius 3 is 2.00 bits per heavy atom. The first-order valence-corrected chi connectivity index (χ1v) is 6.31. The minimum Gasteiger partial charge on any atom is -0.299 e. The molecule has 18 heavy (non-hydrogen) atoms. The number of H-pyrrole nitrogens is 2. The molecule has 0 spiro atoms. The van der Waals surface area contributed by atoms with Gasteiger partial charge in [-0.1, -0.05) is 19.3 Å². The number of aromatic amines is 2. The molecule has 96 valence electrons. The Bertz CT molecular complexity index is 435.